The van der Waals surface area contributed by atoms with E-state index < -0.39 is 11.5 Å². The Hall–Kier alpha value is -3.68. The van der Waals surface area contributed by atoms with Crippen molar-refractivity contribution < 1.29 is 14.3 Å². The number of alkyl carbamates (subject to hydrolysis) is 1. The third kappa shape index (κ3) is 4.96. The number of anilines is 1. The van der Waals surface area contributed by atoms with Crippen molar-refractivity contribution in [1.82, 2.24) is 20.5 Å². The number of benzene rings is 1. The average molecular weight is 434 g/mol. The van der Waals surface area contributed by atoms with E-state index in [4.69, 9.17) is 4.74 Å². The number of aromatic amines is 1. The van der Waals surface area contributed by atoms with E-state index in [1.165, 1.54) is 0 Å². The summed E-state index contributed by atoms with van der Waals surface area (Å²) in [6, 6.07) is 17.0. The molecule has 2 aromatic heterocycles. The van der Waals surface area contributed by atoms with Gasteiger partial charge in [0.1, 0.15) is 6.10 Å². The number of amides is 2. The summed E-state index contributed by atoms with van der Waals surface area (Å²) in [5.41, 5.74) is 1.84. The van der Waals surface area contributed by atoms with Crippen LogP contribution in [0.25, 0.3) is 0 Å². The summed E-state index contributed by atoms with van der Waals surface area (Å²) in [5.74, 6) is 0.502. The Bertz CT molecular complexity index is 1060. The Morgan fingerprint density at radius 2 is 1.88 bits per heavy atom. The predicted octanol–water partition coefficient (Wildman–Crippen LogP) is 3.89. The van der Waals surface area contributed by atoms with Crippen molar-refractivity contribution in [1.29, 1.82) is 0 Å². The van der Waals surface area contributed by atoms with Gasteiger partial charge in [0.15, 0.2) is 5.82 Å². The number of ether oxygens (including phenoxy) is 1. The van der Waals surface area contributed by atoms with Gasteiger partial charge in [-0.1, -0.05) is 36.4 Å². The van der Waals surface area contributed by atoms with E-state index in [1.54, 1.807) is 6.20 Å². The summed E-state index contributed by atoms with van der Waals surface area (Å²) in [7, 11) is 0. The number of pyridine rings is 1. The van der Waals surface area contributed by atoms with Crippen molar-refractivity contribution in [2.45, 2.75) is 50.7 Å². The van der Waals surface area contributed by atoms with E-state index >= 15 is 0 Å². The van der Waals surface area contributed by atoms with Crippen LogP contribution in [0.4, 0.5) is 10.6 Å². The number of nitrogens with one attached hydrogen (secondary N) is 3. The van der Waals surface area contributed by atoms with Crippen molar-refractivity contribution in [2.24, 2.45) is 0 Å². The van der Waals surface area contributed by atoms with Gasteiger partial charge in [-0.25, -0.2) is 4.79 Å². The zero-order valence-electron chi connectivity index (χ0n) is 18.2. The van der Waals surface area contributed by atoms with E-state index in [0.717, 1.165) is 11.3 Å². The van der Waals surface area contributed by atoms with Crippen molar-refractivity contribution >= 4 is 17.8 Å². The molecule has 0 radical (unpaired) electrons. The second-order valence-corrected chi connectivity index (χ2v) is 8.54. The molecule has 4 rings (SSSR count). The van der Waals surface area contributed by atoms with Gasteiger partial charge < -0.3 is 15.4 Å². The minimum Gasteiger partial charge on any atom is -0.446 e. The van der Waals surface area contributed by atoms with Crippen molar-refractivity contribution in [3.8, 4) is 0 Å². The van der Waals surface area contributed by atoms with E-state index in [2.05, 4.69) is 25.8 Å². The molecule has 0 aliphatic heterocycles. The Morgan fingerprint density at radius 1 is 1.12 bits per heavy atom. The number of rotatable bonds is 7. The van der Waals surface area contributed by atoms with Gasteiger partial charge in [-0.2, -0.15) is 5.10 Å². The van der Waals surface area contributed by atoms with Gasteiger partial charge in [-0.05, 0) is 44.4 Å². The van der Waals surface area contributed by atoms with Crippen LogP contribution in [0.2, 0.25) is 0 Å². The van der Waals surface area contributed by atoms with Crippen LogP contribution >= 0.6 is 0 Å². The molecule has 166 valence electrons. The van der Waals surface area contributed by atoms with Crippen LogP contribution < -0.4 is 10.6 Å². The maximum absolute atomic E-state index is 12.8. The molecule has 0 atom stereocenters. The lowest BCUT2D eigenvalue weighted by Crippen LogP contribution is -2.36. The molecule has 0 saturated heterocycles. The second-order valence-electron chi connectivity index (χ2n) is 8.54. The van der Waals surface area contributed by atoms with Crippen LogP contribution in [0.3, 0.4) is 0 Å². The molecule has 1 aliphatic carbocycles. The van der Waals surface area contributed by atoms with E-state index in [-0.39, 0.29) is 17.9 Å². The lowest BCUT2D eigenvalue weighted by molar-refractivity contribution is -0.120. The Labute approximate surface area is 186 Å². The standard InChI is InChI=1S/C24H27N5O3/c1-24(2,20-10-6-7-11-25-20)22(30)27-21-14-19(28-29-21)17-12-18(13-17)32-23(31)26-15-16-8-4-3-5-9-16/h3-11,14,17-18H,12-13,15H2,1-2H3,(H,26,31)(H2,27,28,29,30). The van der Waals surface area contributed by atoms with Crippen LogP contribution in [-0.2, 0) is 21.5 Å². The van der Waals surface area contributed by atoms with Crippen LogP contribution in [-0.4, -0.2) is 33.3 Å². The highest BCUT2D eigenvalue weighted by atomic mass is 16.6. The normalized spacial score (nSPS) is 17.8. The number of carbonyl (C=O) groups excluding carboxylic acids is 2. The molecule has 2 amide bonds. The molecule has 2 heterocycles. The lowest BCUT2D eigenvalue weighted by atomic mass is 9.80. The molecule has 8 heteroatoms. The summed E-state index contributed by atoms with van der Waals surface area (Å²) < 4.78 is 5.46. The van der Waals surface area contributed by atoms with Crippen LogP contribution in [0, 0.1) is 0 Å². The Balaban J connectivity index is 1.24. The van der Waals surface area contributed by atoms with E-state index in [9.17, 15) is 9.59 Å². The van der Waals surface area contributed by atoms with Crippen molar-refractivity contribution in [3.63, 3.8) is 0 Å². The number of H-pyrrole nitrogens is 1. The zero-order valence-corrected chi connectivity index (χ0v) is 18.2. The summed E-state index contributed by atoms with van der Waals surface area (Å²) >= 11 is 0. The first-order chi connectivity index (χ1) is 15.4. The maximum atomic E-state index is 12.8. The molecule has 8 nitrogen and oxygen atoms in total. The number of aromatic nitrogens is 3. The molecule has 1 aromatic carbocycles. The number of hydrogen-bond acceptors (Lipinski definition) is 5. The molecule has 1 aliphatic rings. The number of carbonyl (C=O) groups is 2. The number of hydrogen-bond donors (Lipinski definition) is 3. The first-order valence-corrected chi connectivity index (χ1v) is 10.7. The molecule has 32 heavy (non-hydrogen) atoms. The zero-order chi connectivity index (χ0) is 22.6. The smallest absolute Gasteiger partial charge is 0.407 e. The van der Waals surface area contributed by atoms with Gasteiger partial charge in [0.2, 0.25) is 5.91 Å². The van der Waals surface area contributed by atoms with Crippen LogP contribution in [0.5, 0.6) is 0 Å². The third-order valence-electron chi connectivity index (χ3n) is 5.80. The molecule has 0 unspecified atom stereocenters. The van der Waals surface area contributed by atoms with E-state index in [0.29, 0.717) is 30.9 Å². The molecule has 0 bridgehead atoms. The van der Waals surface area contributed by atoms with Gasteiger partial charge in [0.25, 0.3) is 0 Å². The second kappa shape index (κ2) is 9.21. The predicted molar refractivity (Wildman–Crippen MR) is 120 cm³/mol. The fraction of sp³-hybridized carbons (Fsp3) is 0.333. The molecular weight excluding hydrogens is 406 g/mol. The summed E-state index contributed by atoms with van der Waals surface area (Å²) in [4.78, 5) is 29.1. The lowest BCUT2D eigenvalue weighted by Gasteiger charge is -2.33. The van der Waals surface area contributed by atoms with Gasteiger partial charge in [-0.3, -0.25) is 14.9 Å². The van der Waals surface area contributed by atoms with Crippen LogP contribution in [0.1, 0.15) is 49.6 Å². The maximum Gasteiger partial charge on any atom is 0.407 e. The minimum atomic E-state index is -0.789. The summed E-state index contributed by atoms with van der Waals surface area (Å²) in [5, 5.41) is 12.8. The quantitative estimate of drug-likeness (QED) is 0.524. The molecule has 1 saturated carbocycles. The molecular formula is C24H27N5O3. The SMILES string of the molecule is CC(C)(C(=O)Nc1cc(C2CC(OC(=O)NCc3ccccc3)C2)[nH]n1)c1ccccn1. The topological polar surface area (TPSA) is 109 Å². The highest BCUT2D eigenvalue weighted by Crippen LogP contribution is 2.38. The molecule has 3 aromatic rings. The fourth-order valence-electron chi connectivity index (χ4n) is 3.61. The van der Waals surface area contributed by atoms with Gasteiger partial charge in [0.05, 0.1) is 11.1 Å². The summed E-state index contributed by atoms with van der Waals surface area (Å²) in [6.07, 6.45) is 2.57. The largest absolute Gasteiger partial charge is 0.446 e. The highest BCUT2D eigenvalue weighted by molar-refractivity contribution is 5.97. The third-order valence-corrected chi connectivity index (χ3v) is 5.80. The first kappa shape index (κ1) is 21.5. The van der Waals surface area contributed by atoms with Gasteiger partial charge in [0, 0.05) is 30.4 Å². The molecule has 3 N–H and O–H groups in total. The first-order valence-electron chi connectivity index (χ1n) is 10.7. The number of nitrogens with zero attached hydrogens (tertiary/aromatic N) is 2. The molecule has 0 spiro atoms. The fourth-order valence-corrected chi connectivity index (χ4v) is 3.61. The molecule has 1 fully saturated rings. The Kier molecular flexibility index (Phi) is 6.20. The monoisotopic (exact) mass is 433 g/mol. The van der Waals surface area contributed by atoms with Crippen molar-refractivity contribution in [3.05, 3.63) is 77.7 Å². The van der Waals surface area contributed by atoms with Crippen molar-refractivity contribution in [2.75, 3.05) is 5.32 Å². The van der Waals surface area contributed by atoms with Gasteiger partial charge in [-0.15, -0.1) is 0 Å². The summed E-state index contributed by atoms with van der Waals surface area (Å²) in [6.45, 7) is 4.10. The average Bonchev–Trinajstić information content (AvgIpc) is 3.23. The van der Waals surface area contributed by atoms with E-state index in [1.807, 2.05) is 68.4 Å². The Morgan fingerprint density at radius 3 is 2.59 bits per heavy atom. The van der Waals surface area contributed by atoms with Crippen LogP contribution in [0.15, 0.2) is 60.8 Å². The van der Waals surface area contributed by atoms with Gasteiger partial charge >= 0.3 is 6.09 Å². The highest BCUT2D eigenvalue weighted by Gasteiger charge is 2.35. The minimum absolute atomic E-state index is 0.125.